The van der Waals surface area contributed by atoms with E-state index >= 15 is 0 Å². The highest BCUT2D eigenvalue weighted by Crippen LogP contribution is 2.21. The first-order chi connectivity index (χ1) is 6.98. The van der Waals surface area contributed by atoms with Crippen LogP contribution < -0.4 is 5.32 Å². The van der Waals surface area contributed by atoms with Gasteiger partial charge in [0.1, 0.15) is 0 Å². The van der Waals surface area contributed by atoms with E-state index in [0.29, 0.717) is 26.3 Å². The van der Waals surface area contributed by atoms with Crippen LogP contribution in [-0.4, -0.2) is 45.2 Å². The highest BCUT2D eigenvalue weighted by atomic mass is 19.4. The largest absolute Gasteiger partial charge is 0.414 e. The molecule has 0 saturated heterocycles. The van der Waals surface area contributed by atoms with Gasteiger partial charge in [0.2, 0.25) is 0 Å². The first kappa shape index (κ1) is 14.7. The minimum Gasteiger partial charge on any atom is -0.380 e. The van der Waals surface area contributed by atoms with Gasteiger partial charge in [0.25, 0.3) is 0 Å². The van der Waals surface area contributed by atoms with Crippen molar-refractivity contribution in [2.45, 2.75) is 26.1 Å². The lowest BCUT2D eigenvalue weighted by Gasteiger charge is -2.16. The summed E-state index contributed by atoms with van der Waals surface area (Å²) in [6.07, 6.45) is -5.98. The molecule has 0 aliphatic carbocycles. The van der Waals surface area contributed by atoms with Crippen LogP contribution in [0, 0.1) is 0 Å². The van der Waals surface area contributed by atoms with Crippen molar-refractivity contribution in [3.8, 4) is 0 Å². The Morgan fingerprint density at radius 2 is 1.80 bits per heavy atom. The molecular weight excluding hydrogens is 211 g/mol. The molecule has 0 radical (unpaired) electrons. The maximum Gasteiger partial charge on any atom is 0.414 e. The Hall–Kier alpha value is -0.330. The van der Waals surface area contributed by atoms with E-state index in [1.165, 1.54) is 0 Å². The second-order valence-electron chi connectivity index (χ2n) is 3.00. The van der Waals surface area contributed by atoms with Crippen LogP contribution in [0.3, 0.4) is 0 Å². The minimum atomic E-state index is -4.27. The van der Waals surface area contributed by atoms with Gasteiger partial charge in [0, 0.05) is 19.7 Å². The molecule has 0 aromatic rings. The molecule has 1 unspecified atom stereocenters. The third-order valence-electron chi connectivity index (χ3n) is 1.73. The van der Waals surface area contributed by atoms with Crippen LogP contribution >= 0.6 is 0 Å². The van der Waals surface area contributed by atoms with E-state index in [0.717, 1.165) is 6.92 Å². The van der Waals surface area contributed by atoms with Crippen molar-refractivity contribution in [2.24, 2.45) is 0 Å². The van der Waals surface area contributed by atoms with Gasteiger partial charge in [-0.25, -0.2) is 0 Å². The molecule has 3 nitrogen and oxygen atoms in total. The van der Waals surface area contributed by atoms with Crippen LogP contribution in [-0.2, 0) is 9.47 Å². The molecule has 1 N–H and O–H groups in total. The van der Waals surface area contributed by atoms with E-state index in [-0.39, 0.29) is 6.61 Å². The average Bonchev–Trinajstić information content (AvgIpc) is 2.14. The fraction of sp³-hybridized carbons (Fsp3) is 1.00. The Balaban J connectivity index is 3.24. The monoisotopic (exact) mass is 229 g/mol. The molecule has 0 aromatic heterocycles. The molecule has 0 fully saturated rings. The second-order valence-corrected chi connectivity index (χ2v) is 3.00. The molecule has 1 atom stereocenters. The summed E-state index contributed by atoms with van der Waals surface area (Å²) in [5, 5.41) is 2.91. The highest BCUT2D eigenvalue weighted by Gasteiger charge is 2.36. The predicted octanol–water partition coefficient (Wildman–Crippen LogP) is 1.58. The summed E-state index contributed by atoms with van der Waals surface area (Å²) in [5.74, 6) is 0. The Bertz CT molecular complexity index is 153. The lowest BCUT2D eigenvalue weighted by Crippen LogP contribution is -2.32. The van der Waals surface area contributed by atoms with Crippen molar-refractivity contribution in [3.05, 3.63) is 0 Å². The van der Waals surface area contributed by atoms with E-state index in [2.05, 4.69) is 10.1 Å². The summed E-state index contributed by atoms with van der Waals surface area (Å²) in [7, 11) is 0. The Morgan fingerprint density at radius 3 is 2.33 bits per heavy atom. The summed E-state index contributed by atoms with van der Waals surface area (Å²) in [6, 6.07) is 0. The zero-order chi connectivity index (χ0) is 11.7. The number of halogens is 3. The molecular formula is C9H18F3NO2. The molecule has 0 saturated carbocycles. The van der Waals surface area contributed by atoms with Crippen molar-refractivity contribution >= 4 is 0 Å². The number of hydrogen-bond donors (Lipinski definition) is 1. The van der Waals surface area contributed by atoms with E-state index in [1.54, 1.807) is 0 Å². The fourth-order valence-corrected chi connectivity index (χ4v) is 0.816. The molecule has 0 rings (SSSR count). The van der Waals surface area contributed by atoms with E-state index < -0.39 is 12.3 Å². The zero-order valence-corrected chi connectivity index (χ0v) is 9.06. The summed E-state index contributed by atoms with van der Waals surface area (Å²) >= 11 is 0. The number of nitrogens with one attached hydrogen (secondary N) is 1. The minimum absolute atomic E-state index is 0.0484. The number of hydrogen-bond acceptors (Lipinski definition) is 3. The third-order valence-corrected chi connectivity index (χ3v) is 1.73. The quantitative estimate of drug-likeness (QED) is 0.641. The Morgan fingerprint density at radius 1 is 1.20 bits per heavy atom. The van der Waals surface area contributed by atoms with Crippen molar-refractivity contribution in [3.63, 3.8) is 0 Å². The molecule has 15 heavy (non-hydrogen) atoms. The van der Waals surface area contributed by atoms with Gasteiger partial charge in [-0.2, -0.15) is 13.2 Å². The maximum atomic E-state index is 12.0. The van der Waals surface area contributed by atoms with Gasteiger partial charge >= 0.3 is 6.18 Å². The van der Waals surface area contributed by atoms with Gasteiger partial charge < -0.3 is 14.8 Å². The smallest absolute Gasteiger partial charge is 0.380 e. The molecule has 0 aromatic carbocycles. The molecule has 0 heterocycles. The van der Waals surface area contributed by atoms with Crippen LogP contribution in [0.2, 0.25) is 0 Å². The molecule has 6 heteroatoms. The van der Waals surface area contributed by atoms with Gasteiger partial charge in [-0.3, -0.25) is 0 Å². The second kappa shape index (κ2) is 7.90. The predicted molar refractivity (Wildman–Crippen MR) is 50.8 cm³/mol. The molecule has 0 bridgehead atoms. The van der Waals surface area contributed by atoms with Crippen molar-refractivity contribution in [2.75, 3.05) is 32.9 Å². The molecule has 0 amide bonds. The van der Waals surface area contributed by atoms with Crippen LogP contribution in [0.15, 0.2) is 0 Å². The van der Waals surface area contributed by atoms with Crippen LogP contribution in [0.4, 0.5) is 13.2 Å². The highest BCUT2D eigenvalue weighted by molar-refractivity contribution is 4.60. The van der Waals surface area contributed by atoms with Crippen LogP contribution in [0.25, 0.3) is 0 Å². The van der Waals surface area contributed by atoms with Gasteiger partial charge in [0.05, 0.1) is 13.2 Å². The third kappa shape index (κ3) is 8.65. The van der Waals surface area contributed by atoms with Crippen molar-refractivity contribution < 1.29 is 22.6 Å². The summed E-state index contributed by atoms with van der Waals surface area (Å²) < 4.78 is 45.5. The average molecular weight is 229 g/mol. The molecule has 0 spiro atoms. The summed E-state index contributed by atoms with van der Waals surface area (Å²) in [4.78, 5) is 0. The number of rotatable bonds is 8. The maximum absolute atomic E-state index is 12.0. The normalized spacial score (nSPS) is 14.2. The van der Waals surface area contributed by atoms with Crippen LogP contribution in [0.5, 0.6) is 0 Å². The Labute approximate surface area is 87.9 Å². The molecule has 92 valence electrons. The SMILES string of the molecule is CCOCCNCCOC(C)C(F)(F)F. The fourth-order valence-electron chi connectivity index (χ4n) is 0.816. The molecule has 0 aliphatic rings. The van der Waals surface area contributed by atoms with Gasteiger partial charge in [-0.05, 0) is 13.8 Å². The van der Waals surface area contributed by atoms with E-state index in [9.17, 15) is 13.2 Å². The first-order valence-electron chi connectivity index (χ1n) is 4.95. The summed E-state index contributed by atoms with van der Waals surface area (Å²) in [6.45, 7) is 5.15. The number of alkyl halides is 3. The standard InChI is InChI=1S/C9H18F3NO2/c1-3-14-6-4-13-5-7-15-8(2)9(10,11)12/h8,13H,3-7H2,1-2H3. The van der Waals surface area contributed by atoms with E-state index in [4.69, 9.17) is 4.74 Å². The summed E-state index contributed by atoms with van der Waals surface area (Å²) in [5.41, 5.74) is 0. The van der Waals surface area contributed by atoms with Gasteiger partial charge in [-0.1, -0.05) is 0 Å². The lowest BCUT2D eigenvalue weighted by atomic mass is 10.4. The van der Waals surface area contributed by atoms with Crippen molar-refractivity contribution in [1.29, 1.82) is 0 Å². The lowest BCUT2D eigenvalue weighted by molar-refractivity contribution is -0.213. The van der Waals surface area contributed by atoms with Crippen molar-refractivity contribution in [1.82, 2.24) is 5.32 Å². The topological polar surface area (TPSA) is 30.5 Å². The van der Waals surface area contributed by atoms with Gasteiger partial charge in [0.15, 0.2) is 6.10 Å². The first-order valence-corrected chi connectivity index (χ1v) is 4.95. The Kier molecular flexibility index (Phi) is 7.72. The zero-order valence-electron chi connectivity index (χ0n) is 9.06. The van der Waals surface area contributed by atoms with E-state index in [1.807, 2.05) is 6.92 Å². The van der Waals surface area contributed by atoms with Gasteiger partial charge in [-0.15, -0.1) is 0 Å². The number of ether oxygens (including phenoxy) is 2. The van der Waals surface area contributed by atoms with Crippen LogP contribution in [0.1, 0.15) is 13.8 Å². The molecule has 0 aliphatic heterocycles.